The Morgan fingerprint density at radius 1 is 0.867 bits per heavy atom. The van der Waals surface area contributed by atoms with Crippen molar-refractivity contribution in [2.45, 2.75) is 25.4 Å². The third-order valence-electron chi connectivity index (χ3n) is 4.87. The fourth-order valence-corrected chi connectivity index (χ4v) is 3.15. The normalized spacial score (nSPS) is 11.2. The highest BCUT2D eigenvalue weighted by Gasteiger charge is 2.41. The number of ether oxygens (including phenoxy) is 1. The Labute approximate surface area is 176 Å². The van der Waals surface area contributed by atoms with Gasteiger partial charge >= 0.3 is 5.97 Å². The summed E-state index contributed by atoms with van der Waals surface area (Å²) in [5.74, 6) is -1.00. The van der Waals surface area contributed by atoms with Crippen LogP contribution in [0.1, 0.15) is 36.5 Å². The molecule has 0 unspecified atom stereocenters. The van der Waals surface area contributed by atoms with E-state index >= 15 is 0 Å². The SMILES string of the molecule is CC(C)c1ccc(NC(=O)COC(=O)C(O)(c2ccccc2)c2ccccc2)cc1. The molecular weight excluding hydrogens is 378 g/mol. The molecule has 0 saturated heterocycles. The van der Waals surface area contributed by atoms with Crippen LogP contribution >= 0.6 is 0 Å². The molecule has 0 fully saturated rings. The average Bonchev–Trinajstić information content (AvgIpc) is 2.78. The number of benzene rings is 3. The topological polar surface area (TPSA) is 75.6 Å². The van der Waals surface area contributed by atoms with Gasteiger partial charge in [0.25, 0.3) is 5.91 Å². The molecule has 5 nitrogen and oxygen atoms in total. The van der Waals surface area contributed by atoms with Gasteiger partial charge in [0.05, 0.1) is 0 Å². The van der Waals surface area contributed by atoms with Crippen molar-refractivity contribution in [3.8, 4) is 0 Å². The Balaban J connectivity index is 1.71. The molecule has 0 aliphatic carbocycles. The predicted molar refractivity (Wildman–Crippen MR) is 116 cm³/mol. The summed E-state index contributed by atoms with van der Waals surface area (Å²) in [6, 6.07) is 24.5. The number of anilines is 1. The number of esters is 1. The number of carbonyl (C=O) groups is 2. The van der Waals surface area contributed by atoms with Crippen LogP contribution in [0, 0.1) is 0 Å². The second-order valence-corrected chi connectivity index (χ2v) is 7.34. The minimum atomic E-state index is -2.01. The zero-order valence-corrected chi connectivity index (χ0v) is 17.0. The zero-order chi connectivity index (χ0) is 21.6. The summed E-state index contributed by atoms with van der Waals surface area (Å²) in [4.78, 5) is 25.2. The van der Waals surface area contributed by atoms with Gasteiger partial charge in [-0.25, -0.2) is 4.79 Å². The zero-order valence-electron chi connectivity index (χ0n) is 17.0. The van der Waals surface area contributed by atoms with Crippen LogP contribution in [0.2, 0.25) is 0 Å². The Hall–Kier alpha value is -3.44. The molecule has 1 amide bonds. The summed E-state index contributed by atoms with van der Waals surface area (Å²) in [6.07, 6.45) is 0. The van der Waals surface area contributed by atoms with Crippen LogP contribution in [0.25, 0.3) is 0 Å². The Kier molecular flexibility index (Phi) is 6.65. The van der Waals surface area contributed by atoms with Crippen LogP contribution in [0.4, 0.5) is 5.69 Å². The van der Waals surface area contributed by atoms with Gasteiger partial charge in [-0.2, -0.15) is 0 Å². The molecule has 0 saturated carbocycles. The first-order chi connectivity index (χ1) is 14.4. The lowest BCUT2D eigenvalue weighted by atomic mass is 9.86. The van der Waals surface area contributed by atoms with Crippen molar-refractivity contribution in [3.05, 3.63) is 102 Å². The summed E-state index contributed by atoms with van der Waals surface area (Å²) < 4.78 is 5.21. The van der Waals surface area contributed by atoms with E-state index in [-0.39, 0.29) is 0 Å². The number of amides is 1. The Morgan fingerprint density at radius 2 is 1.37 bits per heavy atom. The number of aliphatic hydroxyl groups is 1. The smallest absolute Gasteiger partial charge is 0.348 e. The maximum Gasteiger partial charge on any atom is 0.348 e. The monoisotopic (exact) mass is 403 g/mol. The van der Waals surface area contributed by atoms with E-state index in [9.17, 15) is 14.7 Å². The lowest BCUT2D eigenvalue weighted by molar-refractivity contribution is -0.163. The minimum absolute atomic E-state index is 0.367. The summed E-state index contributed by atoms with van der Waals surface area (Å²) in [5, 5.41) is 14.0. The van der Waals surface area contributed by atoms with Gasteiger partial charge in [-0.05, 0) is 34.7 Å². The van der Waals surface area contributed by atoms with E-state index in [1.807, 2.05) is 12.1 Å². The van der Waals surface area contributed by atoms with E-state index in [1.54, 1.807) is 72.8 Å². The van der Waals surface area contributed by atoms with Crippen molar-refractivity contribution in [2.24, 2.45) is 0 Å². The number of carbonyl (C=O) groups excluding carboxylic acids is 2. The molecule has 0 heterocycles. The molecule has 154 valence electrons. The first-order valence-electron chi connectivity index (χ1n) is 9.81. The van der Waals surface area contributed by atoms with E-state index in [1.165, 1.54) is 0 Å². The lowest BCUT2D eigenvalue weighted by Crippen LogP contribution is -2.39. The summed E-state index contributed by atoms with van der Waals surface area (Å²) in [5.41, 5.74) is 0.496. The molecule has 0 aromatic heterocycles. The molecule has 0 spiro atoms. The summed E-state index contributed by atoms with van der Waals surface area (Å²) in [7, 11) is 0. The third-order valence-corrected chi connectivity index (χ3v) is 4.87. The molecule has 0 aliphatic heterocycles. The van der Waals surface area contributed by atoms with Gasteiger partial charge < -0.3 is 15.2 Å². The molecule has 5 heteroatoms. The molecule has 2 N–H and O–H groups in total. The number of nitrogens with one attached hydrogen (secondary N) is 1. The third kappa shape index (κ3) is 4.75. The van der Waals surface area contributed by atoms with Crippen LogP contribution in [0.5, 0.6) is 0 Å². The van der Waals surface area contributed by atoms with Crippen molar-refractivity contribution in [1.29, 1.82) is 0 Å². The highest BCUT2D eigenvalue weighted by Crippen LogP contribution is 2.31. The summed E-state index contributed by atoms with van der Waals surface area (Å²) in [6.45, 7) is 3.67. The fourth-order valence-electron chi connectivity index (χ4n) is 3.15. The maximum atomic E-state index is 12.9. The number of rotatable bonds is 7. The molecule has 0 aliphatic rings. The fraction of sp³-hybridized carbons (Fsp3) is 0.200. The minimum Gasteiger partial charge on any atom is -0.453 e. The molecule has 30 heavy (non-hydrogen) atoms. The number of hydrogen-bond donors (Lipinski definition) is 2. The summed E-state index contributed by atoms with van der Waals surface area (Å²) >= 11 is 0. The van der Waals surface area contributed by atoms with E-state index < -0.39 is 24.1 Å². The van der Waals surface area contributed by atoms with Crippen molar-refractivity contribution in [2.75, 3.05) is 11.9 Å². The van der Waals surface area contributed by atoms with Crippen LogP contribution in [0.3, 0.4) is 0 Å². The Bertz CT molecular complexity index is 943. The maximum absolute atomic E-state index is 12.9. The van der Waals surface area contributed by atoms with Crippen molar-refractivity contribution >= 4 is 17.6 Å². The van der Waals surface area contributed by atoms with Crippen LogP contribution in [-0.2, 0) is 19.9 Å². The molecule has 0 atom stereocenters. The molecule has 0 bridgehead atoms. The molecule has 3 aromatic carbocycles. The molecule has 0 radical (unpaired) electrons. The predicted octanol–water partition coefficient (Wildman–Crippen LogP) is 4.23. The van der Waals surface area contributed by atoms with Gasteiger partial charge in [0.2, 0.25) is 5.60 Å². The van der Waals surface area contributed by atoms with Crippen LogP contribution < -0.4 is 5.32 Å². The largest absolute Gasteiger partial charge is 0.453 e. The van der Waals surface area contributed by atoms with Crippen molar-refractivity contribution in [3.63, 3.8) is 0 Å². The Morgan fingerprint density at radius 3 is 1.83 bits per heavy atom. The lowest BCUT2D eigenvalue weighted by Gasteiger charge is -2.26. The van der Waals surface area contributed by atoms with Crippen LogP contribution in [0.15, 0.2) is 84.9 Å². The second kappa shape index (κ2) is 9.37. The van der Waals surface area contributed by atoms with E-state index in [0.717, 1.165) is 5.56 Å². The second-order valence-electron chi connectivity index (χ2n) is 7.34. The van der Waals surface area contributed by atoms with E-state index in [4.69, 9.17) is 4.74 Å². The molecule has 3 aromatic rings. The van der Waals surface area contributed by atoms with E-state index in [0.29, 0.717) is 22.7 Å². The first kappa shape index (κ1) is 21.3. The van der Waals surface area contributed by atoms with Crippen molar-refractivity contribution in [1.82, 2.24) is 0 Å². The van der Waals surface area contributed by atoms with Gasteiger partial charge in [0.15, 0.2) is 6.61 Å². The van der Waals surface area contributed by atoms with Crippen molar-refractivity contribution < 1.29 is 19.4 Å². The average molecular weight is 403 g/mol. The first-order valence-corrected chi connectivity index (χ1v) is 9.81. The highest BCUT2D eigenvalue weighted by atomic mass is 16.6. The van der Waals surface area contributed by atoms with Gasteiger partial charge in [-0.1, -0.05) is 86.6 Å². The van der Waals surface area contributed by atoms with Gasteiger partial charge in [-0.15, -0.1) is 0 Å². The number of hydrogen-bond acceptors (Lipinski definition) is 4. The quantitative estimate of drug-likeness (QED) is 0.579. The van der Waals surface area contributed by atoms with Gasteiger partial charge in [-0.3, -0.25) is 4.79 Å². The standard InChI is InChI=1S/C25H25NO4/c1-18(2)19-13-15-22(16-14-19)26-23(27)17-30-24(28)25(29,20-9-5-3-6-10-20)21-11-7-4-8-12-21/h3-16,18,29H,17H2,1-2H3,(H,26,27). The van der Waals surface area contributed by atoms with E-state index in [2.05, 4.69) is 19.2 Å². The van der Waals surface area contributed by atoms with Gasteiger partial charge in [0.1, 0.15) is 0 Å². The molecule has 3 rings (SSSR count). The highest BCUT2D eigenvalue weighted by molar-refractivity contribution is 5.94. The van der Waals surface area contributed by atoms with Gasteiger partial charge in [0, 0.05) is 5.69 Å². The molecular formula is C25H25NO4. The van der Waals surface area contributed by atoms with Crippen LogP contribution in [-0.4, -0.2) is 23.6 Å².